The van der Waals surface area contributed by atoms with Crippen LogP contribution in [0, 0.1) is 0 Å². The molecule has 0 unspecified atom stereocenters. The minimum Gasteiger partial charge on any atom is -0.485 e. The number of hydrogen-bond donors (Lipinski definition) is 0. The predicted molar refractivity (Wildman–Crippen MR) is 173 cm³/mol. The first-order chi connectivity index (χ1) is 21.5. The molecule has 9 nitrogen and oxygen atoms in total. The molecule has 3 aliphatic rings. The van der Waals surface area contributed by atoms with Gasteiger partial charge >= 0.3 is 0 Å². The lowest BCUT2D eigenvalue weighted by atomic mass is 9.79. The summed E-state index contributed by atoms with van der Waals surface area (Å²) < 4.78 is 8.78. The minimum absolute atomic E-state index is 0.0931. The van der Waals surface area contributed by atoms with Crippen LogP contribution in [0.5, 0.6) is 0 Å². The van der Waals surface area contributed by atoms with Gasteiger partial charge in [-0.15, -0.1) is 5.10 Å². The molecule has 0 saturated carbocycles. The summed E-state index contributed by atoms with van der Waals surface area (Å²) in [6.07, 6.45) is 3.05. The third-order valence-corrected chi connectivity index (χ3v) is 10.4. The van der Waals surface area contributed by atoms with Crippen molar-refractivity contribution >= 4 is 66.4 Å². The summed E-state index contributed by atoms with van der Waals surface area (Å²) in [5.41, 5.74) is 2.30. The van der Waals surface area contributed by atoms with Crippen LogP contribution in [-0.2, 0) is 16.1 Å². The molecule has 1 aromatic heterocycles. The van der Waals surface area contributed by atoms with E-state index in [4.69, 9.17) is 4.74 Å². The van der Waals surface area contributed by atoms with Gasteiger partial charge in [-0.25, -0.2) is 4.68 Å². The molecule has 4 aromatic rings. The number of fused-ring (bicyclic) bond motifs is 3. The predicted octanol–water partition coefficient (Wildman–Crippen LogP) is 6.30. The van der Waals surface area contributed by atoms with E-state index in [1.165, 1.54) is 6.08 Å². The Morgan fingerprint density at radius 1 is 0.844 bits per heavy atom. The Hall–Kier alpha value is -4.48. The van der Waals surface area contributed by atoms with Crippen molar-refractivity contribution in [3.63, 3.8) is 0 Å². The van der Waals surface area contributed by atoms with Gasteiger partial charge in [-0.1, -0.05) is 85.6 Å². The monoisotopic (exact) mass is 726 g/mol. The summed E-state index contributed by atoms with van der Waals surface area (Å²) in [6.45, 7) is 3.89. The fourth-order valence-corrected chi connectivity index (χ4v) is 6.85. The molecular weight excluding hydrogens is 704 g/mol. The van der Waals surface area contributed by atoms with Gasteiger partial charge in [-0.2, -0.15) is 0 Å². The Labute approximate surface area is 274 Å². The molecule has 0 fully saturated rings. The first-order valence-corrected chi connectivity index (χ1v) is 15.9. The molecule has 2 aliphatic carbocycles. The van der Waals surface area contributed by atoms with Gasteiger partial charge in [0, 0.05) is 38.5 Å². The molecule has 3 aromatic carbocycles. The minimum atomic E-state index is -0.792. The number of ketones is 4. The van der Waals surface area contributed by atoms with Crippen molar-refractivity contribution in [2.24, 2.45) is 0 Å². The summed E-state index contributed by atoms with van der Waals surface area (Å²) in [6, 6.07) is 20.3. The van der Waals surface area contributed by atoms with Crippen molar-refractivity contribution in [3.8, 4) is 0 Å². The summed E-state index contributed by atoms with van der Waals surface area (Å²) in [5.74, 6) is -1.46. The smallest absolute Gasteiger partial charge is 0.235 e. The molecule has 7 rings (SSSR count). The maximum Gasteiger partial charge on any atom is 0.235 e. The van der Waals surface area contributed by atoms with Gasteiger partial charge in [0.25, 0.3) is 0 Å². The van der Waals surface area contributed by atoms with Gasteiger partial charge in [0.1, 0.15) is 23.1 Å². The molecule has 11 heteroatoms. The fraction of sp³-hybridized carbons (Fsp3) is 0.176. The van der Waals surface area contributed by atoms with Gasteiger partial charge in [0.05, 0.1) is 28.8 Å². The van der Waals surface area contributed by atoms with Crippen LogP contribution in [0.3, 0.4) is 0 Å². The van der Waals surface area contributed by atoms with Gasteiger partial charge in [0.2, 0.25) is 17.3 Å². The van der Waals surface area contributed by atoms with Gasteiger partial charge < -0.3 is 9.64 Å². The van der Waals surface area contributed by atoms with Crippen molar-refractivity contribution in [3.05, 3.63) is 129 Å². The highest BCUT2D eigenvalue weighted by Crippen LogP contribution is 2.48. The number of ether oxygens (including phenoxy) is 1. The van der Waals surface area contributed by atoms with Crippen molar-refractivity contribution in [2.45, 2.75) is 36.9 Å². The Kier molecular flexibility index (Phi) is 7.05. The summed E-state index contributed by atoms with van der Waals surface area (Å²) >= 11 is 7.20. The third-order valence-electron chi connectivity index (χ3n) is 8.24. The zero-order valence-electron chi connectivity index (χ0n) is 24.0. The average molecular weight is 728 g/mol. The number of allylic oxidation sites excluding steroid dienone is 3. The maximum absolute atomic E-state index is 13.7. The number of anilines is 1. The van der Waals surface area contributed by atoms with E-state index in [-0.39, 0.29) is 29.4 Å². The molecule has 0 saturated heterocycles. The quantitative estimate of drug-likeness (QED) is 0.174. The summed E-state index contributed by atoms with van der Waals surface area (Å²) in [4.78, 5) is 54.8. The molecule has 0 N–H and O–H groups in total. The summed E-state index contributed by atoms with van der Waals surface area (Å²) in [7, 11) is 0. The van der Waals surface area contributed by atoms with Gasteiger partial charge in [-0.05, 0) is 38.1 Å². The molecule has 224 valence electrons. The van der Waals surface area contributed by atoms with Crippen molar-refractivity contribution in [2.75, 3.05) is 4.90 Å². The third kappa shape index (κ3) is 4.81. The number of nitrogens with zero attached hydrogens (tertiary/aromatic N) is 4. The lowest BCUT2D eigenvalue weighted by molar-refractivity contribution is -0.113. The number of hydrogen-bond acceptors (Lipinski definition) is 8. The number of Topliss-reactive ketones (excluding diaryl/α,β-unsaturated/α-hetero) is 3. The second kappa shape index (κ2) is 10.8. The lowest BCUT2D eigenvalue weighted by Gasteiger charge is -2.44. The Balaban J connectivity index is 1.30. The Morgan fingerprint density at radius 2 is 1.47 bits per heavy atom. The van der Waals surface area contributed by atoms with E-state index in [1.807, 2.05) is 38.1 Å². The highest BCUT2D eigenvalue weighted by molar-refractivity contribution is 9.10. The van der Waals surface area contributed by atoms with E-state index in [1.54, 1.807) is 64.3 Å². The first-order valence-electron chi connectivity index (χ1n) is 14.1. The van der Waals surface area contributed by atoms with Crippen molar-refractivity contribution < 1.29 is 23.9 Å². The van der Waals surface area contributed by atoms with Crippen LogP contribution >= 0.6 is 31.9 Å². The molecule has 1 aliphatic heterocycles. The fourth-order valence-electron chi connectivity index (χ4n) is 5.99. The van der Waals surface area contributed by atoms with Crippen LogP contribution < -0.4 is 4.90 Å². The number of aromatic nitrogens is 3. The molecular formula is C34H24Br2N4O5. The molecule has 0 amide bonds. The number of rotatable bonds is 5. The number of halogens is 2. The van der Waals surface area contributed by atoms with E-state index < -0.39 is 28.0 Å². The molecule has 0 spiro atoms. The molecule has 2 atom stereocenters. The van der Waals surface area contributed by atoms with Crippen LogP contribution in [0.15, 0.2) is 101 Å². The van der Waals surface area contributed by atoms with Crippen LogP contribution in [0.2, 0.25) is 0 Å². The molecule has 0 bridgehead atoms. The van der Waals surface area contributed by atoms with E-state index >= 15 is 0 Å². The van der Waals surface area contributed by atoms with Crippen LogP contribution in [-0.4, -0.2) is 48.6 Å². The first kappa shape index (κ1) is 29.2. The zero-order valence-corrected chi connectivity index (χ0v) is 27.2. The maximum atomic E-state index is 13.7. The second-order valence-corrected chi connectivity index (χ2v) is 13.4. The number of carbonyl (C=O) groups excluding carboxylic acids is 4. The van der Waals surface area contributed by atoms with Crippen molar-refractivity contribution in [1.29, 1.82) is 0 Å². The largest absolute Gasteiger partial charge is 0.485 e. The molecule has 0 radical (unpaired) electrons. The highest BCUT2D eigenvalue weighted by Gasteiger charge is 2.51. The van der Waals surface area contributed by atoms with E-state index in [0.717, 1.165) is 4.47 Å². The van der Waals surface area contributed by atoms with E-state index in [2.05, 4.69) is 42.2 Å². The number of carbonyl (C=O) groups is 4. The standard InChI is InChI=1S/C34H24Br2N4O5/c1-34(2)33(36)28(27-31(44)30(43)23-9-5-6-10-24(23)32(27)45-34)40-17-19(37-38-40)16-39(20-13-11-18(35)12-14-20)25-15-26(41)21-7-3-4-8-22(21)29(25)42/h3-15,17,28,33H,16H2,1-2H3/t28-,33+/m1/s1. The molecule has 45 heavy (non-hydrogen) atoms. The average Bonchev–Trinajstić information content (AvgIpc) is 3.50. The van der Waals surface area contributed by atoms with Gasteiger partial charge in [-0.3, -0.25) is 19.2 Å². The van der Waals surface area contributed by atoms with Crippen LogP contribution in [0.25, 0.3) is 5.76 Å². The van der Waals surface area contributed by atoms with E-state index in [0.29, 0.717) is 39.4 Å². The molecule has 2 heterocycles. The Morgan fingerprint density at radius 3 is 2.16 bits per heavy atom. The second-order valence-electron chi connectivity index (χ2n) is 11.5. The topological polar surface area (TPSA) is 111 Å². The normalized spacial score (nSPS) is 20.2. The zero-order chi connectivity index (χ0) is 31.6. The highest BCUT2D eigenvalue weighted by atomic mass is 79.9. The number of benzene rings is 3. The van der Waals surface area contributed by atoms with E-state index in [9.17, 15) is 19.2 Å². The summed E-state index contributed by atoms with van der Waals surface area (Å²) in [5, 5.41) is 8.84. The Bertz CT molecular complexity index is 2010. The van der Waals surface area contributed by atoms with Crippen molar-refractivity contribution in [1.82, 2.24) is 15.0 Å². The van der Waals surface area contributed by atoms with Crippen LogP contribution in [0.4, 0.5) is 5.69 Å². The van der Waals surface area contributed by atoms with Gasteiger partial charge in [0.15, 0.2) is 5.78 Å². The lowest BCUT2D eigenvalue weighted by Crippen LogP contribution is -2.48. The SMILES string of the molecule is CC1(C)OC2=C(C(=O)C(=O)c3ccccc32)[C@@H](n2cc(CN(C3=CC(=O)c4ccccc4C3=O)c3ccc(Br)cc3)nn2)[C@@H]1Br. The number of alkyl halides is 1. The van der Waals surface area contributed by atoms with Crippen LogP contribution in [0.1, 0.15) is 62.2 Å².